The van der Waals surface area contributed by atoms with Gasteiger partial charge in [-0.1, -0.05) is 0 Å². The average Bonchev–Trinajstić information content (AvgIpc) is 2.81. The SMILES string of the molecule is CNC(=O)C(C)NC(=O)C1CC1N. The summed E-state index contributed by atoms with van der Waals surface area (Å²) in [6.45, 7) is 1.64. The van der Waals surface area contributed by atoms with Gasteiger partial charge >= 0.3 is 0 Å². The molecule has 5 nitrogen and oxygen atoms in total. The number of rotatable bonds is 3. The normalized spacial score (nSPS) is 27.6. The molecule has 1 fully saturated rings. The molecule has 0 heterocycles. The monoisotopic (exact) mass is 185 g/mol. The van der Waals surface area contributed by atoms with E-state index in [2.05, 4.69) is 10.6 Å². The molecule has 3 atom stereocenters. The van der Waals surface area contributed by atoms with E-state index >= 15 is 0 Å². The summed E-state index contributed by atoms with van der Waals surface area (Å²) >= 11 is 0. The molecule has 0 saturated heterocycles. The van der Waals surface area contributed by atoms with E-state index in [1.165, 1.54) is 7.05 Å². The third-order valence-electron chi connectivity index (χ3n) is 2.18. The summed E-state index contributed by atoms with van der Waals surface area (Å²) in [5.41, 5.74) is 5.49. The summed E-state index contributed by atoms with van der Waals surface area (Å²) < 4.78 is 0. The molecule has 0 aromatic carbocycles. The van der Waals surface area contributed by atoms with E-state index < -0.39 is 6.04 Å². The molecule has 74 valence electrons. The molecule has 0 bridgehead atoms. The number of nitrogens with one attached hydrogen (secondary N) is 2. The second-order valence-corrected chi connectivity index (χ2v) is 3.35. The molecule has 1 aliphatic rings. The summed E-state index contributed by atoms with van der Waals surface area (Å²) in [6.07, 6.45) is 0.728. The van der Waals surface area contributed by atoms with Crippen LogP contribution in [0.15, 0.2) is 0 Å². The standard InChI is InChI=1S/C8H15N3O2/c1-4(7(12)10-2)11-8(13)5-3-6(5)9/h4-6H,3,9H2,1-2H3,(H,10,12)(H,11,13). The van der Waals surface area contributed by atoms with Crippen molar-refractivity contribution in [1.29, 1.82) is 0 Å². The second-order valence-electron chi connectivity index (χ2n) is 3.35. The lowest BCUT2D eigenvalue weighted by atomic mass is 10.3. The zero-order valence-corrected chi connectivity index (χ0v) is 7.83. The van der Waals surface area contributed by atoms with Gasteiger partial charge in [0, 0.05) is 13.1 Å². The molecule has 5 heteroatoms. The van der Waals surface area contributed by atoms with Crippen molar-refractivity contribution in [1.82, 2.24) is 10.6 Å². The number of hydrogen-bond donors (Lipinski definition) is 3. The molecule has 3 unspecified atom stereocenters. The van der Waals surface area contributed by atoms with Crippen molar-refractivity contribution in [3.63, 3.8) is 0 Å². The van der Waals surface area contributed by atoms with E-state index in [4.69, 9.17) is 5.73 Å². The molecule has 1 rings (SSSR count). The Morgan fingerprint density at radius 2 is 2.08 bits per heavy atom. The smallest absolute Gasteiger partial charge is 0.242 e. The average molecular weight is 185 g/mol. The van der Waals surface area contributed by atoms with Crippen molar-refractivity contribution in [3.8, 4) is 0 Å². The summed E-state index contributed by atoms with van der Waals surface area (Å²) in [5, 5.41) is 5.05. The zero-order chi connectivity index (χ0) is 10.0. The lowest BCUT2D eigenvalue weighted by Gasteiger charge is -2.11. The van der Waals surface area contributed by atoms with Crippen LogP contribution in [0.25, 0.3) is 0 Å². The first-order chi connectivity index (χ1) is 6.06. The van der Waals surface area contributed by atoms with Crippen LogP contribution in [0.5, 0.6) is 0 Å². The number of carbonyl (C=O) groups excluding carboxylic acids is 2. The highest BCUT2D eigenvalue weighted by Gasteiger charge is 2.40. The predicted octanol–water partition coefficient (Wildman–Crippen LogP) is -1.42. The largest absolute Gasteiger partial charge is 0.357 e. The van der Waals surface area contributed by atoms with Crippen LogP contribution in [0.4, 0.5) is 0 Å². The molecular formula is C8H15N3O2. The van der Waals surface area contributed by atoms with Gasteiger partial charge in [-0.2, -0.15) is 0 Å². The van der Waals surface area contributed by atoms with Crippen molar-refractivity contribution in [3.05, 3.63) is 0 Å². The molecule has 0 aliphatic heterocycles. The van der Waals surface area contributed by atoms with Crippen LogP contribution in [0, 0.1) is 5.92 Å². The van der Waals surface area contributed by atoms with Gasteiger partial charge in [0.05, 0.1) is 5.92 Å². The van der Waals surface area contributed by atoms with Crippen molar-refractivity contribution in [2.24, 2.45) is 11.7 Å². The fraction of sp³-hybridized carbons (Fsp3) is 0.750. The van der Waals surface area contributed by atoms with Gasteiger partial charge in [0.25, 0.3) is 0 Å². The Bertz CT molecular complexity index is 229. The molecule has 0 spiro atoms. The summed E-state index contributed by atoms with van der Waals surface area (Å²) in [7, 11) is 1.54. The van der Waals surface area contributed by atoms with Gasteiger partial charge in [-0.3, -0.25) is 9.59 Å². The molecule has 0 aromatic rings. The Hall–Kier alpha value is -1.10. The number of carbonyl (C=O) groups is 2. The quantitative estimate of drug-likeness (QED) is 0.505. The zero-order valence-electron chi connectivity index (χ0n) is 7.83. The van der Waals surface area contributed by atoms with Crippen molar-refractivity contribution in [2.45, 2.75) is 25.4 Å². The number of likely N-dealkylation sites (N-methyl/N-ethyl adjacent to an activating group) is 1. The van der Waals surface area contributed by atoms with Crippen LogP contribution in [0.1, 0.15) is 13.3 Å². The Morgan fingerprint density at radius 1 is 1.54 bits per heavy atom. The Labute approximate surface area is 77.1 Å². The van der Waals surface area contributed by atoms with E-state index in [-0.39, 0.29) is 23.8 Å². The van der Waals surface area contributed by atoms with Gasteiger partial charge in [0.1, 0.15) is 6.04 Å². The van der Waals surface area contributed by atoms with E-state index in [1.807, 2.05) is 0 Å². The number of amides is 2. The van der Waals surface area contributed by atoms with Crippen LogP contribution < -0.4 is 16.4 Å². The summed E-state index contributed by atoms with van der Waals surface area (Å²) in [6, 6.07) is -0.498. The molecule has 1 saturated carbocycles. The molecule has 13 heavy (non-hydrogen) atoms. The van der Waals surface area contributed by atoms with Gasteiger partial charge in [-0.25, -0.2) is 0 Å². The van der Waals surface area contributed by atoms with Crippen LogP contribution in [-0.4, -0.2) is 30.9 Å². The molecule has 1 aliphatic carbocycles. The molecule has 0 radical (unpaired) electrons. The first-order valence-corrected chi connectivity index (χ1v) is 4.33. The Kier molecular flexibility index (Phi) is 2.87. The Balaban J connectivity index is 2.31. The van der Waals surface area contributed by atoms with Gasteiger partial charge in [-0.15, -0.1) is 0 Å². The fourth-order valence-corrected chi connectivity index (χ4v) is 1.12. The fourth-order valence-electron chi connectivity index (χ4n) is 1.12. The Morgan fingerprint density at radius 3 is 2.46 bits per heavy atom. The highest BCUT2D eigenvalue weighted by atomic mass is 16.2. The predicted molar refractivity (Wildman–Crippen MR) is 47.8 cm³/mol. The lowest BCUT2D eigenvalue weighted by Crippen LogP contribution is -2.44. The van der Waals surface area contributed by atoms with Crippen molar-refractivity contribution >= 4 is 11.8 Å². The van der Waals surface area contributed by atoms with Crippen LogP contribution >= 0.6 is 0 Å². The maximum absolute atomic E-state index is 11.3. The van der Waals surface area contributed by atoms with Gasteiger partial charge in [-0.05, 0) is 13.3 Å². The first kappa shape index (κ1) is 9.98. The first-order valence-electron chi connectivity index (χ1n) is 4.33. The van der Waals surface area contributed by atoms with Gasteiger partial charge < -0.3 is 16.4 Å². The summed E-state index contributed by atoms with van der Waals surface area (Å²) in [4.78, 5) is 22.3. The third kappa shape index (κ3) is 2.42. The molecule has 0 aromatic heterocycles. The second kappa shape index (κ2) is 3.74. The van der Waals surface area contributed by atoms with Crippen LogP contribution in [0.3, 0.4) is 0 Å². The number of nitrogens with two attached hydrogens (primary N) is 1. The minimum Gasteiger partial charge on any atom is -0.357 e. The van der Waals surface area contributed by atoms with Gasteiger partial charge in [0.2, 0.25) is 11.8 Å². The minimum absolute atomic E-state index is 0.0168. The van der Waals surface area contributed by atoms with Crippen LogP contribution in [0.2, 0.25) is 0 Å². The minimum atomic E-state index is -0.481. The molecule has 2 amide bonds. The number of hydrogen-bond acceptors (Lipinski definition) is 3. The molecular weight excluding hydrogens is 170 g/mol. The third-order valence-corrected chi connectivity index (χ3v) is 2.18. The lowest BCUT2D eigenvalue weighted by molar-refractivity contribution is -0.129. The summed E-state index contributed by atoms with van der Waals surface area (Å²) in [5.74, 6) is -0.404. The van der Waals surface area contributed by atoms with Gasteiger partial charge in [0.15, 0.2) is 0 Å². The van der Waals surface area contributed by atoms with Crippen molar-refractivity contribution in [2.75, 3.05) is 7.05 Å². The van der Waals surface area contributed by atoms with E-state index in [9.17, 15) is 9.59 Å². The van der Waals surface area contributed by atoms with E-state index in [0.717, 1.165) is 6.42 Å². The van der Waals surface area contributed by atoms with E-state index in [0.29, 0.717) is 0 Å². The van der Waals surface area contributed by atoms with Crippen LogP contribution in [-0.2, 0) is 9.59 Å². The van der Waals surface area contributed by atoms with E-state index in [1.54, 1.807) is 6.92 Å². The maximum atomic E-state index is 11.3. The topological polar surface area (TPSA) is 84.2 Å². The highest BCUT2D eigenvalue weighted by Crippen LogP contribution is 2.27. The molecule has 4 N–H and O–H groups in total. The van der Waals surface area contributed by atoms with Crippen molar-refractivity contribution < 1.29 is 9.59 Å². The maximum Gasteiger partial charge on any atom is 0.242 e. The highest BCUT2D eigenvalue weighted by molar-refractivity contribution is 5.89.